The fraction of sp³-hybridized carbons (Fsp3) is 0.667. The topological polar surface area (TPSA) is 48.0 Å². The van der Waals surface area contributed by atoms with E-state index >= 15 is 0 Å². The molecule has 0 spiro atoms. The molecule has 2 fully saturated rings. The average molecular weight is 375 g/mol. The number of aryl methyl sites for hydroxylation is 1. The number of carbonyl (C=O) groups excluding carboxylic acids is 1. The summed E-state index contributed by atoms with van der Waals surface area (Å²) in [6.07, 6.45) is 2.35. The maximum atomic E-state index is 12.4. The Bertz CT molecular complexity index is 619. The van der Waals surface area contributed by atoms with E-state index in [2.05, 4.69) is 54.1 Å². The molecule has 0 aliphatic carbocycles. The summed E-state index contributed by atoms with van der Waals surface area (Å²) in [5.41, 5.74) is 3.87. The molecule has 1 aromatic carbocycles. The molecule has 1 aromatic rings. The van der Waals surface area contributed by atoms with Crippen LogP contribution in [0.5, 0.6) is 0 Å². The number of carbonyl (C=O) groups is 1. The summed E-state index contributed by atoms with van der Waals surface area (Å²) < 4.78 is 5.58. The molecule has 150 valence electrons. The van der Waals surface area contributed by atoms with Gasteiger partial charge in [0.25, 0.3) is 0 Å². The van der Waals surface area contributed by atoms with E-state index in [9.17, 15) is 4.79 Å². The van der Waals surface area contributed by atoms with Gasteiger partial charge in [0.1, 0.15) is 0 Å². The first-order valence-corrected chi connectivity index (χ1v) is 10.4. The molecule has 1 atom stereocenters. The van der Waals surface area contributed by atoms with Crippen molar-refractivity contribution in [1.82, 2.24) is 10.2 Å². The monoisotopic (exact) mass is 374 g/mol. The van der Waals surface area contributed by atoms with Crippen molar-refractivity contribution in [3.63, 3.8) is 0 Å². The van der Waals surface area contributed by atoms with E-state index in [1.807, 2.05) is 4.90 Å². The van der Waals surface area contributed by atoms with Crippen LogP contribution < -0.4 is 15.1 Å². The van der Waals surface area contributed by atoms with Gasteiger partial charge in [0.05, 0.1) is 6.10 Å². The largest absolute Gasteiger partial charge is 0.376 e. The summed E-state index contributed by atoms with van der Waals surface area (Å²) in [6, 6.07) is 6.77. The molecule has 2 heterocycles. The van der Waals surface area contributed by atoms with E-state index in [0.717, 1.165) is 58.7 Å². The average Bonchev–Trinajstić information content (AvgIpc) is 3.21. The minimum absolute atomic E-state index is 0.0405. The van der Waals surface area contributed by atoms with Gasteiger partial charge >= 0.3 is 6.03 Å². The molecule has 6 nitrogen and oxygen atoms in total. The summed E-state index contributed by atoms with van der Waals surface area (Å²) in [6.45, 7) is 13.3. The van der Waals surface area contributed by atoms with Gasteiger partial charge in [-0.3, -0.25) is 0 Å². The summed E-state index contributed by atoms with van der Waals surface area (Å²) in [7, 11) is 0. The lowest BCUT2D eigenvalue weighted by Crippen LogP contribution is -2.52. The van der Waals surface area contributed by atoms with E-state index in [1.165, 1.54) is 16.9 Å². The first-order chi connectivity index (χ1) is 13.1. The van der Waals surface area contributed by atoms with Crippen molar-refractivity contribution in [3.8, 4) is 0 Å². The second kappa shape index (κ2) is 9.31. The van der Waals surface area contributed by atoms with Crippen LogP contribution >= 0.6 is 0 Å². The van der Waals surface area contributed by atoms with Gasteiger partial charge in [0, 0.05) is 63.8 Å². The molecule has 0 bridgehead atoms. The Kier molecular flexibility index (Phi) is 6.83. The molecule has 0 radical (unpaired) electrons. The maximum Gasteiger partial charge on any atom is 0.317 e. The highest BCUT2D eigenvalue weighted by molar-refractivity contribution is 5.74. The number of urea groups is 1. The highest BCUT2D eigenvalue weighted by Crippen LogP contribution is 2.26. The summed E-state index contributed by atoms with van der Waals surface area (Å²) in [5, 5.41) is 3.03. The Labute approximate surface area is 163 Å². The van der Waals surface area contributed by atoms with Crippen molar-refractivity contribution < 1.29 is 9.53 Å². The van der Waals surface area contributed by atoms with Crippen molar-refractivity contribution in [2.24, 2.45) is 0 Å². The SMILES string of the molecule is CCN(CC)c1ccc(N2CCN(C(=O)NCC3CCCO3)CC2)c(C)c1. The Morgan fingerprint density at radius 2 is 1.96 bits per heavy atom. The molecule has 6 heteroatoms. The quantitative estimate of drug-likeness (QED) is 0.832. The zero-order chi connectivity index (χ0) is 19.2. The van der Waals surface area contributed by atoms with Gasteiger partial charge < -0.3 is 24.8 Å². The Morgan fingerprint density at radius 3 is 2.56 bits per heavy atom. The van der Waals surface area contributed by atoms with E-state index in [0.29, 0.717) is 6.54 Å². The molecule has 27 heavy (non-hydrogen) atoms. The first kappa shape index (κ1) is 19.8. The number of hydrogen-bond donors (Lipinski definition) is 1. The van der Waals surface area contributed by atoms with Crippen molar-refractivity contribution in [2.45, 2.75) is 39.7 Å². The van der Waals surface area contributed by atoms with E-state index in [1.54, 1.807) is 0 Å². The number of amides is 2. The van der Waals surface area contributed by atoms with Crippen LogP contribution in [0.25, 0.3) is 0 Å². The van der Waals surface area contributed by atoms with Gasteiger partial charge in [-0.25, -0.2) is 4.79 Å². The van der Waals surface area contributed by atoms with Crippen LogP contribution in [-0.2, 0) is 4.74 Å². The molecule has 2 saturated heterocycles. The second-order valence-corrected chi connectivity index (χ2v) is 7.44. The molecule has 2 aliphatic heterocycles. The lowest BCUT2D eigenvalue weighted by molar-refractivity contribution is 0.108. The Morgan fingerprint density at radius 1 is 1.22 bits per heavy atom. The second-order valence-electron chi connectivity index (χ2n) is 7.44. The summed E-state index contributed by atoms with van der Waals surface area (Å²) in [4.78, 5) is 19.1. The number of piperazine rings is 1. The normalized spacial score (nSPS) is 20.0. The third-order valence-corrected chi connectivity index (χ3v) is 5.72. The summed E-state index contributed by atoms with van der Waals surface area (Å²) >= 11 is 0. The number of anilines is 2. The fourth-order valence-corrected chi connectivity index (χ4v) is 4.05. The van der Waals surface area contributed by atoms with Gasteiger partial charge in [0.15, 0.2) is 0 Å². The molecule has 2 aliphatic rings. The van der Waals surface area contributed by atoms with E-state index in [4.69, 9.17) is 4.74 Å². The highest BCUT2D eigenvalue weighted by atomic mass is 16.5. The lowest BCUT2D eigenvalue weighted by atomic mass is 10.1. The van der Waals surface area contributed by atoms with Crippen LogP contribution in [0.2, 0.25) is 0 Å². The molecule has 3 rings (SSSR count). The maximum absolute atomic E-state index is 12.4. The highest BCUT2D eigenvalue weighted by Gasteiger charge is 2.23. The number of nitrogens with one attached hydrogen (secondary N) is 1. The van der Waals surface area contributed by atoms with E-state index < -0.39 is 0 Å². The Balaban J connectivity index is 1.51. The molecule has 0 aromatic heterocycles. The third-order valence-electron chi connectivity index (χ3n) is 5.72. The number of nitrogens with zero attached hydrogens (tertiary/aromatic N) is 3. The Hall–Kier alpha value is -1.95. The fourth-order valence-electron chi connectivity index (χ4n) is 4.05. The van der Waals surface area contributed by atoms with Crippen LogP contribution in [0, 0.1) is 6.92 Å². The van der Waals surface area contributed by atoms with Gasteiger partial charge in [-0.05, 0) is 57.4 Å². The van der Waals surface area contributed by atoms with Crippen LogP contribution in [0.15, 0.2) is 18.2 Å². The van der Waals surface area contributed by atoms with Crippen molar-refractivity contribution in [2.75, 3.05) is 62.2 Å². The van der Waals surface area contributed by atoms with Crippen molar-refractivity contribution in [3.05, 3.63) is 23.8 Å². The first-order valence-electron chi connectivity index (χ1n) is 10.4. The molecular weight excluding hydrogens is 340 g/mol. The predicted octanol–water partition coefficient (Wildman–Crippen LogP) is 2.85. The van der Waals surface area contributed by atoms with Gasteiger partial charge in [0.2, 0.25) is 0 Å². The zero-order valence-electron chi connectivity index (χ0n) is 17.0. The molecular formula is C21H34N4O2. The molecule has 0 saturated carbocycles. The minimum atomic E-state index is 0.0405. The van der Waals surface area contributed by atoms with Crippen molar-refractivity contribution >= 4 is 17.4 Å². The van der Waals surface area contributed by atoms with Crippen LogP contribution in [0.3, 0.4) is 0 Å². The van der Waals surface area contributed by atoms with Crippen LogP contribution in [-0.4, -0.2) is 69.5 Å². The lowest BCUT2D eigenvalue weighted by Gasteiger charge is -2.37. The summed E-state index contributed by atoms with van der Waals surface area (Å²) in [5.74, 6) is 0. The molecule has 1 unspecified atom stereocenters. The zero-order valence-corrected chi connectivity index (χ0v) is 17.0. The minimum Gasteiger partial charge on any atom is -0.376 e. The van der Waals surface area contributed by atoms with Crippen LogP contribution in [0.1, 0.15) is 32.3 Å². The number of rotatable bonds is 6. The molecule has 1 N–H and O–H groups in total. The van der Waals surface area contributed by atoms with Gasteiger partial charge in [-0.2, -0.15) is 0 Å². The van der Waals surface area contributed by atoms with Gasteiger partial charge in [-0.1, -0.05) is 0 Å². The number of benzene rings is 1. The number of ether oxygens (including phenoxy) is 1. The standard InChI is InChI=1S/C21H34N4O2/c1-4-23(5-2)18-8-9-20(17(3)15-18)24-10-12-25(13-11-24)21(26)22-16-19-7-6-14-27-19/h8-9,15,19H,4-7,10-14,16H2,1-3H3,(H,22,26). The smallest absolute Gasteiger partial charge is 0.317 e. The number of hydrogen-bond acceptors (Lipinski definition) is 4. The van der Waals surface area contributed by atoms with Gasteiger partial charge in [-0.15, -0.1) is 0 Å². The third kappa shape index (κ3) is 4.86. The predicted molar refractivity (Wildman–Crippen MR) is 111 cm³/mol. The van der Waals surface area contributed by atoms with Crippen LogP contribution in [0.4, 0.5) is 16.2 Å². The van der Waals surface area contributed by atoms with E-state index in [-0.39, 0.29) is 12.1 Å². The molecule has 2 amide bonds. The van der Waals surface area contributed by atoms with Crippen molar-refractivity contribution in [1.29, 1.82) is 0 Å².